The van der Waals surface area contributed by atoms with Crippen LogP contribution in [0.25, 0.3) is 0 Å². The molecule has 0 bridgehead atoms. The topological polar surface area (TPSA) is 142 Å². The maximum absolute atomic E-state index is 11.2. The number of aliphatic hydroxyl groups is 1. The first-order valence-corrected chi connectivity index (χ1v) is 8.94. The van der Waals surface area contributed by atoms with Gasteiger partial charge in [-0.05, 0) is 7.05 Å². The van der Waals surface area contributed by atoms with E-state index in [0.29, 0.717) is 13.1 Å². The Hall–Kier alpha value is 0.180. The van der Waals surface area contributed by atoms with Crippen LogP contribution in [0.2, 0.25) is 0 Å². The predicted octanol–water partition coefficient (Wildman–Crippen LogP) is -1.37. The molecule has 0 spiro atoms. The highest BCUT2D eigenvalue weighted by Gasteiger charge is 2.58. The van der Waals surface area contributed by atoms with Gasteiger partial charge in [0.25, 0.3) is 5.08 Å². The number of hydrogen-bond acceptors (Lipinski definition) is 5. The Morgan fingerprint density at radius 3 is 1.79 bits per heavy atom. The number of rotatable bonds is 5. The first kappa shape index (κ1) is 17.2. The monoisotopic (exact) mass is 318 g/mol. The predicted molar refractivity (Wildman–Crippen MR) is 67.6 cm³/mol. The summed E-state index contributed by atoms with van der Waals surface area (Å²) in [6.45, 7) is 2.76. The lowest BCUT2D eigenvalue weighted by molar-refractivity contribution is 0.0934. The molecule has 0 radical (unpaired) electrons. The minimum Gasteiger partial charge on any atom is -0.367 e. The van der Waals surface area contributed by atoms with Crippen LogP contribution in [0.1, 0.15) is 6.42 Å². The maximum Gasteiger partial charge on any atom is 0.369 e. The summed E-state index contributed by atoms with van der Waals surface area (Å²) in [5, 5.41) is 6.40. The van der Waals surface area contributed by atoms with Crippen molar-refractivity contribution in [1.82, 2.24) is 9.80 Å². The molecule has 1 heterocycles. The molecule has 0 saturated carbocycles. The summed E-state index contributed by atoms with van der Waals surface area (Å²) in [4.78, 5) is 39.8. The van der Waals surface area contributed by atoms with Crippen LogP contribution < -0.4 is 0 Å². The summed E-state index contributed by atoms with van der Waals surface area (Å²) in [6.07, 6.45) is -0.675. The van der Waals surface area contributed by atoms with E-state index in [9.17, 15) is 14.2 Å². The van der Waals surface area contributed by atoms with Crippen molar-refractivity contribution < 1.29 is 33.8 Å². The van der Waals surface area contributed by atoms with E-state index in [2.05, 4.69) is 4.90 Å². The highest BCUT2D eigenvalue weighted by atomic mass is 31.2. The van der Waals surface area contributed by atoms with Crippen LogP contribution in [0.15, 0.2) is 0 Å². The average Bonchev–Trinajstić information content (AvgIpc) is 2.24. The van der Waals surface area contributed by atoms with Gasteiger partial charge in [-0.1, -0.05) is 0 Å². The molecule has 5 N–H and O–H groups in total. The van der Waals surface area contributed by atoms with Crippen LogP contribution in [0.3, 0.4) is 0 Å². The SMILES string of the molecule is CN1CCN(CCC(O)(P(=O)(O)O)P(=O)(O)O)CC1. The Balaban J connectivity index is 2.71. The second-order valence-corrected chi connectivity index (χ2v) is 8.77. The van der Waals surface area contributed by atoms with E-state index in [1.165, 1.54) is 0 Å². The van der Waals surface area contributed by atoms with Crippen LogP contribution in [0.5, 0.6) is 0 Å². The van der Waals surface area contributed by atoms with Crippen LogP contribution in [0, 0.1) is 0 Å². The van der Waals surface area contributed by atoms with Crippen molar-refractivity contribution in [2.45, 2.75) is 11.5 Å². The minimum atomic E-state index is -5.33. The van der Waals surface area contributed by atoms with E-state index < -0.39 is 26.7 Å². The summed E-state index contributed by atoms with van der Waals surface area (Å²) in [5.41, 5.74) is 0. The Morgan fingerprint density at radius 1 is 1.00 bits per heavy atom. The van der Waals surface area contributed by atoms with Gasteiger partial charge in [0.1, 0.15) is 0 Å². The third kappa shape index (κ3) is 4.07. The third-order valence-corrected chi connectivity index (χ3v) is 7.17. The fraction of sp³-hybridized carbons (Fsp3) is 1.00. The molecule has 0 aromatic carbocycles. The molecule has 0 aliphatic carbocycles. The third-order valence-electron chi connectivity index (χ3n) is 3.29. The minimum absolute atomic E-state index is 0.0144. The van der Waals surface area contributed by atoms with Crippen molar-refractivity contribution >= 4 is 15.2 Å². The lowest BCUT2D eigenvalue weighted by Gasteiger charge is -2.35. The summed E-state index contributed by atoms with van der Waals surface area (Å²) >= 11 is 0. The van der Waals surface area contributed by atoms with Gasteiger partial charge in [0, 0.05) is 39.1 Å². The van der Waals surface area contributed by atoms with Crippen molar-refractivity contribution in [2.24, 2.45) is 0 Å². The molecule has 0 amide bonds. The normalized spacial score (nSPS) is 20.7. The lowest BCUT2D eigenvalue weighted by atomic mass is 10.3. The molecule has 1 aliphatic rings. The van der Waals surface area contributed by atoms with Crippen LogP contribution in [-0.4, -0.2) is 79.3 Å². The van der Waals surface area contributed by atoms with E-state index in [1.807, 2.05) is 7.05 Å². The van der Waals surface area contributed by atoms with Gasteiger partial charge in [-0.25, -0.2) is 0 Å². The Kier molecular flexibility index (Phi) is 5.34. The molecule has 0 unspecified atom stereocenters. The summed E-state index contributed by atoms with van der Waals surface area (Å²) in [5.74, 6) is 0. The highest BCUT2D eigenvalue weighted by molar-refractivity contribution is 7.72. The van der Waals surface area contributed by atoms with Crippen molar-refractivity contribution in [2.75, 3.05) is 39.8 Å². The molecule has 1 fully saturated rings. The first-order valence-electron chi connectivity index (χ1n) is 5.72. The summed E-state index contributed by atoms with van der Waals surface area (Å²) in [6, 6.07) is 0. The molecule has 1 rings (SSSR count). The Morgan fingerprint density at radius 2 is 1.42 bits per heavy atom. The van der Waals surface area contributed by atoms with Gasteiger partial charge in [0.2, 0.25) is 0 Å². The molecule has 11 heteroatoms. The lowest BCUT2D eigenvalue weighted by Crippen LogP contribution is -2.46. The van der Waals surface area contributed by atoms with Crippen molar-refractivity contribution in [3.63, 3.8) is 0 Å². The average molecular weight is 318 g/mol. The second-order valence-electron chi connectivity index (χ2n) is 4.76. The fourth-order valence-corrected chi connectivity index (χ4v) is 3.98. The standard InChI is InChI=1S/C8H20N2O7P2/c1-9-4-6-10(7-5-9)3-2-8(11,18(12,13)14)19(15,16)17/h11H,2-7H2,1H3,(H2,12,13,14)(H2,15,16,17). The van der Waals surface area contributed by atoms with Gasteiger partial charge < -0.3 is 34.5 Å². The fourth-order valence-electron chi connectivity index (χ4n) is 1.84. The van der Waals surface area contributed by atoms with E-state index in [-0.39, 0.29) is 6.54 Å². The van der Waals surface area contributed by atoms with Crippen LogP contribution in [-0.2, 0) is 9.13 Å². The van der Waals surface area contributed by atoms with Gasteiger partial charge in [-0.15, -0.1) is 0 Å². The molecular formula is C8H20N2O7P2. The Bertz CT molecular complexity index is 376. The molecule has 0 atom stereocenters. The van der Waals surface area contributed by atoms with Crippen molar-refractivity contribution in [1.29, 1.82) is 0 Å². The van der Waals surface area contributed by atoms with Crippen molar-refractivity contribution in [3.05, 3.63) is 0 Å². The van der Waals surface area contributed by atoms with Crippen molar-refractivity contribution in [3.8, 4) is 0 Å². The molecule has 0 aromatic rings. The molecule has 0 aromatic heterocycles. The highest BCUT2D eigenvalue weighted by Crippen LogP contribution is 2.68. The Labute approximate surface area is 111 Å². The molecule has 114 valence electrons. The first-order chi connectivity index (χ1) is 8.47. The van der Waals surface area contributed by atoms with E-state index in [4.69, 9.17) is 19.6 Å². The zero-order chi connectivity index (χ0) is 14.9. The molecule has 9 nitrogen and oxygen atoms in total. The smallest absolute Gasteiger partial charge is 0.367 e. The number of hydrogen-bond donors (Lipinski definition) is 5. The molecule has 19 heavy (non-hydrogen) atoms. The summed E-state index contributed by atoms with van der Waals surface area (Å²) in [7, 11) is -8.74. The van der Waals surface area contributed by atoms with Gasteiger partial charge in [-0.3, -0.25) is 9.13 Å². The molecule has 1 saturated heterocycles. The van der Waals surface area contributed by atoms with Gasteiger partial charge >= 0.3 is 15.2 Å². The zero-order valence-corrected chi connectivity index (χ0v) is 12.4. The number of piperazine rings is 1. The number of likely N-dealkylation sites (N-methyl/N-ethyl adjacent to an activating group) is 1. The van der Waals surface area contributed by atoms with Crippen LogP contribution in [0.4, 0.5) is 0 Å². The largest absolute Gasteiger partial charge is 0.369 e. The van der Waals surface area contributed by atoms with E-state index in [0.717, 1.165) is 13.1 Å². The maximum atomic E-state index is 11.2. The van der Waals surface area contributed by atoms with Gasteiger partial charge in [0.05, 0.1) is 0 Å². The second kappa shape index (κ2) is 5.89. The molecular weight excluding hydrogens is 298 g/mol. The number of nitrogens with zero attached hydrogens (tertiary/aromatic N) is 2. The van der Waals surface area contributed by atoms with E-state index in [1.54, 1.807) is 4.90 Å². The van der Waals surface area contributed by atoms with Crippen LogP contribution >= 0.6 is 15.2 Å². The van der Waals surface area contributed by atoms with Gasteiger partial charge in [0.15, 0.2) is 0 Å². The van der Waals surface area contributed by atoms with E-state index >= 15 is 0 Å². The summed E-state index contributed by atoms with van der Waals surface area (Å²) < 4.78 is 22.3. The zero-order valence-electron chi connectivity index (χ0n) is 10.6. The quantitative estimate of drug-likeness (QED) is 0.388. The van der Waals surface area contributed by atoms with Gasteiger partial charge in [-0.2, -0.15) is 0 Å². The molecule has 1 aliphatic heterocycles.